The predicted molar refractivity (Wildman–Crippen MR) is 119 cm³/mol. The summed E-state index contributed by atoms with van der Waals surface area (Å²) in [6, 6.07) is 14.4. The molecule has 4 aromatic rings. The van der Waals surface area contributed by atoms with Crippen molar-refractivity contribution in [2.45, 2.75) is 33.3 Å². The summed E-state index contributed by atoms with van der Waals surface area (Å²) in [6.07, 6.45) is 0. The van der Waals surface area contributed by atoms with E-state index in [9.17, 15) is 4.79 Å². The molecule has 2 heterocycles. The first-order valence-electron chi connectivity index (χ1n) is 9.45. The molecule has 0 bridgehead atoms. The van der Waals surface area contributed by atoms with Crippen LogP contribution < -0.4 is 4.74 Å². The number of halogens is 1. The summed E-state index contributed by atoms with van der Waals surface area (Å²) in [5.41, 5.74) is 4.48. The number of benzene rings is 2. The molecule has 6 heteroatoms. The highest BCUT2D eigenvalue weighted by Crippen LogP contribution is 2.31. The Labute approximate surface area is 177 Å². The van der Waals surface area contributed by atoms with Gasteiger partial charge in [-0.25, -0.2) is 4.79 Å². The fraction of sp³-hybridized carbons (Fsp3) is 0.261. The lowest BCUT2D eigenvalue weighted by atomic mass is 10.1. The number of fused-ring (bicyclic) bond motifs is 2. The average Bonchev–Trinajstić information content (AvgIpc) is 3.21. The number of esters is 1. The van der Waals surface area contributed by atoms with Crippen molar-refractivity contribution in [3.05, 3.63) is 52.5 Å². The van der Waals surface area contributed by atoms with E-state index in [1.165, 1.54) is 0 Å². The third-order valence-corrected chi connectivity index (χ3v) is 5.05. The molecule has 0 aliphatic carbocycles. The van der Waals surface area contributed by atoms with E-state index in [0.29, 0.717) is 5.75 Å². The van der Waals surface area contributed by atoms with E-state index in [2.05, 4.69) is 56.2 Å². The van der Waals surface area contributed by atoms with Crippen LogP contribution in [0.4, 0.5) is 0 Å². The van der Waals surface area contributed by atoms with Crippen LogP contribution in [0.15, 0.2) is 46.9 Å². The smallest absolute Gasteiger partial charge is 0.344 e. The zero-order valence-corrected chi connectivity index (χ0v) is 18.4. The first-order chi connectivity index (χ1) is 13.7. The lowest BCUT2D eigenvalue weighted by Crippen LogP contribution is -2.27. The molecule has 0 saturated heterocycles. The minimum atomic E-state index is -0.525. The molecule has 0 aliphatic heterocycles. The number of H-pyrrole nitrogens is 2. The quantitative estimate of drug-likeness (QED) is 0.365. The Morgan fingerprint density at radius 2 is 1.62 bits per heavy atom. The normalized spacial score (nSPS) is 11.9. The SMILES string of the molecule is Cc1cc2cc(-c3cc4ccc(Br)cc4[nH]3)[nH]c2cc1OCC(=O)OC(C)(C)C. The molecule has 0 radical (unpaired) electrons. The Hall–Kier alpha value is -2.73. The highest BCUT2D eigenvalue weighted by Gasteiger charge is 2.17. The van der Waals surface area contributed by atoms with Gasteiger partial charge in [0, 0.05) is 32.3 Å². The van der Waals surface area contributed by atoms with Crippen LogP contribution in [0, 0.1) is 6.92 Å². The van der Waals surface area contributed by atoms with Gasteiger partial charge in [-0.3, -0.25) is 0 Å². The van der Waals surface area contributed by atoms with Crippen LogP contribution in [0.2, 0.25) is 0 Å². The number of aromatic amines is 2. The van der Waals surface area contributed by atoms with Crippen molar-refractivity contribution in [3.63, 3.8) is 0 Å². The molecule has 0 fully saturated rings. The lowest BCUT2D eigenvalue weighted by Gasteiger charge is -2.19. The van der Waals surface area contributed by atoms with Crippen LogP contribution in [0.5, 0.6) is 5.75 Å². The van der Waals surface area contributed by atoms with Gasteiger partial charge in [0.1, 0.15) is 11.4 Å². The Bertz CT molecular complexity index is 1210. The molecule has 5 nitrogen and oxygen atoms in total. The number of rotatable bonds is 4. The second kappa shape index (κ2) is 7.26. The summed E-state index contributed by atoms with van der Waals surface area (Å²) in [4.78, 5) is 18.8. The first kappa shape index (κ1) is 19.6. The third-order valence-electron chi connectivity index (χ3n) is 4.56. The number of ether oxygens (including phenoxy) is 2. The van der Waals surface area contributed by atoms with E-state index in [-0.39, 0.29) is 12.6 Å². The number of aromatic nitrogens is 2. The maximum Gasteiger partial charge on any atom is 0.344 e. The Morgan fingerprint density at radius 1 is 0.966 bits per heavy atom. The van der Waals surface area contributed by atoms with Gasteiger partial charge in [0.05, 0.1) is 11.4 Å². The van der Waals surface area contributed by atoms with E-state index in [0.717, 1.165) is 43.2 Å². The van der Waals surface area contributed by atoms with Gasteiger partial charge in [-0.15, -0.1) is 0 Å². The summed E-state index contributed by atoms with van der Waals surface area (Å²) in [5, 5.41) is 2.24. The van der Waals surface area contributed by atoms with Crippen LogP contribution in [-0.4, -0.2) is 28.1 Å². The molecule has 0 aliphatic rings. The van der Waals surface area contributed by atoms with Crippen LogP contribution in [0.25, 0.3) is 33.2 Å². The second-order valence-electron chi connectivity index (χ2n) is 8.18. The Balaban J connectivity index is 1.60. The van der Waals surface area contributed by atoms with Gasteiger partial charge >= 0.3 is 5.97 Å². The molecule has 0 atom stereocenters. The molecule has 0 saturated carbocycles. The van der Waals surface area contributed by atoms with Crippen molar-refractivity contribution in [3.8, 4) is 17.1 Å². The number of carbonyl (C=O) groups excluding carboxylic acids is 1. The minimum absolute atomic E-state index is 0.117. The standard InChI is InChI=1S/C23H23BrN2O3/c1-13-7-15-9-20(19-8-14-5-6-16(24)10-17(14)25-19)26-18(15)11-21(13)28-12-22(27)29-23(2,3)4/h5-11,25-26H,12H2,1-4H3. The average molecular weight is 455 g/mol. The van der Waals surface area contributed by atoms with Crippen LogP contribution in [0.1, 0.15) is 26.3 Å². The van der Waals surface area contributed by atoms with Crippen molar-refractivity contribution in [1.82, 2.24) is 9.97 Å². The van der Waals surface area contributed by atoms with E-state index in [1.54, 1.807) is 0 Å². The second-order valence-corrected chi connectivity index (χ2v) is 9.09. The highest BCUT2D eigenvalue weighted by molar-refractivity contribution is 9.10. The molecule has 150 valence electrons. The van der Waals surface area contributed by atoms with Gasteiger partial charge in [0.25, 0.3) is 0 Å². The van der Waals surface area contributed by atoms with Crippen molar-refractivity contribution < 1.29 is 14.3 Å². The number of hydrogen-bond donors (Lipinski definition) is 2. The van der Waals surface area contributed by atoms with Gasteiger partial charge in [-0.2, -0.15) is 0 Å². The molecule has 29 heavy (non-hydrogen) atoms. The number of nitrogens with one attached hydrogen (secondary N) is 2. The zero-order valence-electron chi connectivity index (χ0n) is 16.9. The lowest BCUT2D eigenvalue weighted by molar-refractivity contribution is -0.157. The fourth-order valence-corrected chi connectivity index (χ4v) is 3.69. The van der Waals surface area contributed by atoms with Gasteiger partial charge in [0.2, 0.25) is 0 Å². The molecular weight excluding hydrogens is 432 g/mol. The van der Waals surface area contributed by atoms with Crippen LogP contribution >= 0.6 is 15.9 Å². The molecule has 2 N–H and O–H groups in total. The Morgan fingerprint density at radius 3 is 2.31 bits per heavy atom. The predicted octanol–water partition coefficient (Wildman–Crippen LogP) is 6.11. The van der Waals surface area contributed by atoms with E-state index in [4.69, 9.17) is 9.47 Å². The van der Waals surface area contributed by atoms with Crippen molar-refractivity contribution in [2.24, 2.45) is 0 Å². The highest BCUT2D eigenvalue weighted by atomic mass is 79.9. The molecular formula is C23H23BrN2O3. The zero-order chi connectivity index (χ0) is 20.8. The summed E-state index contributed by atoms with van der Waals surface area (Å²) in [6.45, 7) is 7.37. The molecule has 2 aromatic heterocycles. The van der Waals surface area contributed by atoms with Crippen molar-refractivity contribution in [1.29, 1.82) is 0 Å². The van der Waals surface area contributed by atoms with Gasteiger partial charge in [-0.1, -0.05) is 22.0 Å². The molecule has 4 rings (SSSR count). The van der Waals surface area contributed by atoms with Crippen molar-refractivity contribution in [2.75, 3.05) is 6.61 Å². The van der Waals surface area contributed by atoms with Crippen LogP contribution in [0.3, 0.4) is 0 Å². The topological polar surface area (TPSA) is 67.1 Å². The molecule has 0 spiro atoms. The number of hydrogen-bond acceptors (Lipinski definition) is 3. The number of aryl methyl sites for hydroxylation is 1. The summed E-state index contributed by atoms with van der Waals surface area (Å²) < 4.78 is 12.1. The molecule has 2 aromatic carbocycles. The van der Waals surface area contributed by atoms with Crippen LogP contribution in [-0.2, 0) is 9.53 Å². The largest absolute Gasteiger partial charge is 0.482 e. The van der Waals surface area contributed by atoms with Gasteiger partial charge < -0.3 is 19.4 Å². The maximum absolute atomic E-state index is 11.9. The van der Waals surface area contributed by atoms with E-state index >= 15 is 0 Å². The molecule has 0 unspecified atom stereocenters. The number of carbonyl (C=O) groups is 1. The maximum atomic E-state index is 11.9. The monoisotopic (exact) mass is 454 g/mol. The molecule has 0 amide bonds. The first-order valence-corrected chi connectivity index (χ1v) is 10.2. The summed E-state index contributed by atoms with van der Waals surface area (Å²) in [5.74, 6) is 0.283. The summed E-state index contributed by atoms with van der Waals surface area (Å²) >= 11 is 3.51. The van der Waals surface area contributed by atoms with Crippen molar-refractivity contribution >= 4 is 43.7 Å². The van der Waals surface area contributed by atoms with E-state index in [1.807, 2.05) is 39.8 Å². The third kappa shape index (κ3) is 4.32. The minimum Gasteiger partial charge on any atom is -0.482 e. The Kier molecular flexibility index (Phi) is 4.90. The fourth-order valence-electron chi connectivity index (χ4n) is 3.33. The summed E-state index contributed by atoms with van der Waals surface area (Å²) in [7, 11) is 0. The van der Waals surface area contributed by atoms with Gasteiger partial charge in [-0.05, 0) is 63.6 Å². The van der Waals surface area contributed by atoms with Gasteiger partial charge in [0.15, 0.2) is 6.61 Å². The van der Waals surface area contributed by atoms with E-state index < -0.39 is 5.60 Å².